The van der Waals surface area contributed by atoms with Crippen LogP contribution in [-0.2, 0) is 11.2 Å². The lowest BCUT2D eigenvalue weighted by molar-refractivity contribution is 0.0526. The predicted octanol–water partition coefficient (Wildman–Crippen LogP) is 8.32. The van der Waals surface area contributed by atoms with Crippen molar-refractivity contribution in [2.75, 3.05) is 13.7 Å². The van der Waals surface area contributed by atoms with Crippen molar-refractivity contribution in [2.24, 2.45) is 0 Å². The van der Waals surface area contributed by atoms with Gasteiger partial charge in [0.25, 0.3) is 0 Å². The number of allylic oxidation sites excluding steroid dienone is 1. The molecule has 2 aromatic heterocycles. The first kappa shape index (κ1) is 22.5. The average molecular weight is 485 g/mol. The maximum atomic E-state index is 12.0. The summed E-state index contributed by atoms with van der Waals surface area (Å²) in [7, 11) is 1.04. The Morgan fingerprint density at radius 1 is 1.03 bits per heavy atom. The molecule has 34 heavy (non-hydrogen) atoms. The van der Waals surface area contributed by atoms with E-state index in [-0.39, 0.29) is 5.97 Å². The van der Waals surface area contributed by atoms with Gasteiger partial charge in [0.1, 0.15) is 0 Å². The van der Waals surface area contributed by atoms with Crippen molar-refractivity contribution in [1.82, 2.24) is 0 Å². The third-order valence-electron chi connectivity index (χ3n) is 5.84. The molecule has 0 N–H and O–H groups in total. The van der Waals surface area contributed by atoms with E-state index in [1.54, 1.807) is 18.4 Å². The molecule has 5 rings (SSSR count). The number of carbonyl (C=O) groups excluding carboxylic acids is 1. The normalized spacial score (nSPS) is 12.8. The first-order valence-electron chi connectivity index (χ1n) is 11.3. The Bertz CT molecular complexity index is 1380. The summed E-state index contributed by atoms with van der Waals surface area (Å²) >= 11 is 1.72. The molecule has 1 unspecified atom stereocenters. The molecular formula is C29H25O3PS. The van der Waals surface area contributed by atoms with E-state index in [0.29, 0.717) is 12.2 Å². The number of thiophene rings is 1. The SMILES string of the molecule is CCOC(=O)c1ccc(/C=C/c2c3c(c(-c4ccc(OC)s4)p2-c2ccccc2)CC=C3)cc1. The maximum absolute atomic E-state index is 12.0. The van der Waals surface area contributed by atoms with Crippen LogP contribution in [0.5, 0.6) is 5.06 Å². The molecule has 1 aliphatic rings. The minimum absolute atomic E-state index is 0.285. The molecule has 0 bridgehead atoms. The van der Waals surface area contributed by atoms with Crippen LogP contribution in [0.4, 0.5) is 0 Å². The largest absolute Gasteiger partial charge is 0.487 e. The number of ether oxygens (including phenoxy) is 2. The van der Waals surface area contributed by atoms with Crippen LogP contribution >= 0.6 is 18.9 Å². The summed E-state index contributed by atoms with van der Waals surface area (Å²) in [4.78, 5) is 13.3. The summed E-state index contributed by atoms with van der Waals surface area (Å²) < 4.78 is 10.6. The predicted molar refractivity (Wildman–Crippen MR) is 144 cm³/mol. The molecule has 5 heteroatoms. The lowest BCUT2D eigenvalue weighted by Crippen LogP contribution is -2.03. The summed E-state index contributed by atoms with van der Waals surface area (Å²) in [6.07, 6.45) is 9.91. The van der Waals surface area contributed by atoms with E-state index < -0.39 is 7.53 Å². The van der Waals surface area contributed by atoms with E-state index in [1.165, 1.54) is 31.9 Å². The topological polar surface area (TPSA) is 35.5 Å². The molecule has 3 nitrogen and oxygen atoms in total. The summed E-state index contributed by atoms with van der Waals surface area (Å²) in [5, 5.41) is 5.08. The molecular weight excluding hydrogens is 459 g/mol. The van der Waals surface area contributed by atoms with Gasteiger partial charge in [-0.1, -0.05) is 79.6 Å². The van der Waals surface area contributed by atoms with Crippen molar-refractivity contribution in [3.05, 3.63) is 100 Å². The molecule has 1 aliphatic carbocycles. The van der Waals surface area contributed by atoms with Crippen molar-refractivity contribution in [2.45, 2.75) is 13.3 Å². The Morgan fingerprint density at radius 2 is 1.82 bits per heavy atom. The molecule has 0 saturated carbocycles. The quantitative estimate of drug-likeness (QED) is 0.247. The van der Waals surface area contributed by atoms with Gasteiger partial charge >= 0.3 is 5.97 Å². The fourth-order valence-electron chi connectivity index (χ4n) is 4.29. The first-order chi connectivity index (χ1) is 16.7. The minimum Gasteiger partial charge on any atom is -0.487 e. The Labute approximate surface area is 205 Å². The first-order valence-corrected chi connectivity index (χ1v) is 13.4. The zero-order valence-electron chi connectivity index (χ0n) is 19.2. The molecule has 0 amide bonds. The molecule has 2 heterocycles. The van der Waals surface area contributed by atoms with Gasteiger partial charge in [-0.3, -0.25) is 0 Å². The molecule has 0 aliphatic heterocycles. The minimum atomic E-state index is -0.684. The van der Waals surface area contributed by atoms with Crippen LogP contribution in [0, 0.1) is 0 Å². The number of carbonyl (C=O) groups is 1. The second-order valence-electron chi connectivity index (χ2n) is 7.90. The van der Waals surface area contributed by atoms with E-state index in [1.807, 2.05) is 31.2 Å². The van der Waals surface area contributed by atoms with Gasteiger partial charge in [-0.15, -0.1) is 0 Å². The van der Waals surface area contributed by atoms with Gasteiger partial charge in [-0.2, -0.15) is 0 Å². The number of methoxy groups -OCH3 is 1. The number of hydrogen-bond acceptors (Lipinski definition) is 4. The van der Waals surface area contributed by atoms with Gasteiger partial charge in [0, 0.05) is 15.5 Å². The average Bonchev–Trinajstić information content (AvgIpc) is 3.60. The van der Waals surface area contributed by atoms with Gasteiger partial charge in [0.05, 0.1) is 19.3 Å². The Morgan fingerprint density at radius 3 is 2.53 bits per heavy atom. The standard InChI is InChI=1S/C29H25O3PS/c1-3-32-29(30)21-15-12-20(13-16-21)14-17-25-23-10-7-11-24(23)28(26-18-19-27(31-2)34-26)33(25)22-8-5-4-6-9-22/h4-10,12-19H,3,11H2,1-2H3/b17-14+. The number of rotatable bonds is 7. The van der Waals surface area contributed by atoms with Crippen molar-refractivity contribution < 1.29 is 14.3 Å². The van der Waals surface area contributed by atoms with E-state index in [2.05, 4.69) is 66.8 Å². The molecule has 0 saturated heterocycles. The third kappa shape index (κ3) is 4.27. The fraction of sp³-hybridized carbons (Fsp3) is 0.138. The van der Waals surface area contributed by atoms with E-state index in [4.69, 9.17) is 9.47 Å². The Balaban J connectivity index is 1.60. The zero-order valence-corrected chi connectivity index (χ0v) is 20.9. The second kappa shape index (κ2) is 9.89. The van der Waals surface area contributed by atoms with Crippen molar-refractivity contribution in [3.63, 3.8) is 0 Å². The van der Waals surface area contributed by atoms with Gasteiger partial charge < -0.3 is 9.47 Å². The molecule has 0 spiro atoms. The lowest BCUT2D eigenvalue weighted by Gasteiger charge is -2.09. The maximum Gasteiger partial charge on any atom is 0.338 e. The highest BCUT2D eigenvalue weighted by Gasteiger charge is 2.25. The van der Waals surface area contributed by atoms with Crippen molar-refractivity contribution in [3.8, 4) is 20.5 Å². The van der Waals surface area contributed by atoms with Crippen LogP contribution in [0.25, 0.3) is 33.7 Å². The van der Waals surface area contributed by atoms with Crippen LogP contribution < -0.4 is 4.74 Å². The van der Waals surface area contributed by atoms with Crippen LogP contribution in [0.15, 0.2) is 72.8 Å². The van der Waals surface area contributed by atoms with Gasteiger partial charge in [-0.25, -0.2) is 4.79 Å². The highest BCUT2D eigenvalue weighted by Crippen LogP contribution is 2.60. The number of fused-ring (bicyclic) bond motifs is 1. The lowest BCUT2D eigenvalue weighted by atomic mass is 10.1. The molecule has 170 valence electrons. The number of hydrogen-bond donors (Lipinski definition) is 0. The van der Waals surface area contributed by atoms with Crippen molar-refractivity contribution in [1.29, 1.82) is 0 Å². The highest BCUT2D eigenvalue weighted by molar-refractivity contribution is 7.62. The van der Waals surface area contributed by atoms with Gasteiger partial charge in [0.15, 0.2) is 5.06 Å². The second-order valence-corrected chi connectivity index (χ2v) is 11.1. The summed E-state index contributed by atoms with van der Waals surface area (Å²) in [6, 6.07) is 22.7. The van der Waals surface area contributed by atoms with Crippen molar-refractivity contribution >= 4 is 43.1 Å². The van der Waals surface area contributed by atoms with Crippen LogP contribution in [-0.4, -0.2) is 19.7 Å². The van der Waals surface area contributed by atoms with Crippen LogP contribution in [0.1, 0.15) is 39.3 Å². The number of benzene rings is 2. The molecule has 1 atom stereocenters. The fourth-order valence-corrected chi connectivity index (χ4v) is 8.19. The smallest absolute Gasteiger partial charge is 0.338 e. The zero-order chi connectivity index (χ0) is 23.5. The van der Waals surface area contributed by atoms with Gasteiger partial charge in [-0.05, 0) is 65.7 Å². The Kier molecular flexibility index (Phi) is 6.53. The summed E-state index contributed by atoms with van der Waals surface area (Å²) in [5.41, 5.74) is 4.40. The molecule has 0 radical (unpaired) electrons. The monoisotopic (exact) mass is 484 g/mol. The molecule has 0 fully saturated rings. The van der Waals surface area contributed by atoms with E-state index in [0.717, 1.165) is 17.0 Å². The van der Waals surface area contributed by atoms with Gasteiger partial charge in [0.2, 0.25) is 0 Å². The summed E-state index contributed by atoms with van der Waals surface area (Å²) in [5.74, 6) is -0.285. The van der Waals surface area contributed by atoms with E-state index in [9.17, 15) is 4.79 Å². The Hall–Kier alpha value is -3.33. The third-order valence-corrected chi connectivity index (χ3v) is 9.70. The number of esters is 1. The van der Waals surface area contributed by atoms with Crippen LogP contribution in [0.2, 0.25) is 0 Å². The molecule has 2 aromatic carbocycles. The summed E-state index contributed by atoms with van der Waals surface area (Å²) in [6.45, 7) is 2.19. The van der Waals surface area contributed by atoms with Crippen LogP contribution in [0.3, 0.4) is 0 Å². The molecule has 4 aromatic rings. The highest BCUT2D eigenvalue weighted by atomic mass is 32.1. The van der Waals surface area contributed by atoms with E-state index >= 15 is 0 Å².